The molecule has 144 valence electrons. The summed E-state index contributed by atoms with van der Waals surface area (Å²) in [4.78, 5) is 19.1. The van der Waals surface area contributed by atoms with Crippen LogP contribution in [0.25, 0.3) is 11.0 Å². The van der Waals surface area contributed by atoms with Gasteiger partial charge >= 0.3 is 5.63 Å². The Hall–Kier alpha value is -3.28. The molecule has 0 saturated carbocycles. The lowest BCUT2D eigenvalue weighted by Gasteiger charge is -2.12. The Kier molecular flexibility index (Phi) is 4.77. The van der Waals surface area contributed by atoms with Crippen LogP contribution >= 0.6 is 0 Å². The van der Waals surface area contributed by atoms with Gasteiger partial charge in [0.05, 0.1) is 5.71 Å². The Bertz CT molecular complexity index is 1080. The molecular weight excluding hydrogens is 356 g/mol. The normalized spacial score (nSPS) is 16.0. The second-order valence-electron chi connectivity index (χ2n) is 7.13. The number of hydrogen-bond donors (Lipinski definition) is 0. The Labute approximate surface area is 163 Å². The first-order chi connectivity index (χ1) is 13.5. The zero-order chi connectivity index (χ0) is 19.7. The van der Waals surface area contributed by atoms with E-state index >= 15 is 0 Å². The zero-order valence-electron chi connectivity index (χ0n) is 16.1. The third kappa shape index (κ3) is 3.71. The van der Waals surface area contributed by atoms with E-state index < -0.39 is 0 Å². The SMILES string of the molecule is Cc1cc(=O)oc2cc(OC[C@@H]3CC(c4ccc(N(C)C)cc4)=NO3)ccc12. The predicted molar refractivity (Wildman–Crippen MR) is 110 cm³/mol. The summed E-state index contributed by atoms with van der Waals surface area (Å²) >= 11 is 0. The minimum Gasteiger partial charge on any atom is -0.489 e. The second-order valence-corrected chi connectivity index (χ2v) is 7.13. The van der Waals surface area contributed by atoms with Crippen molar-refractivity contribution in [2.75, 3.05) is 25.6 Å². The highest BCUT2D eigenvalue weighted by molar-refractivity contribution is 6.01. The van der Waals surface area contributed by atoms with Gasteiger partial charge in [-0.15, -0.1) is 0 Å². The summed E-state index contributed by atoms with van der Waals surface area (Å²) < 4.78 is 11.1. The van der Waals surface area contributed by atoms with E-state index in [-0.39, 0.29) is 11.7 Å². The van der Waals surface area contributed by atoms with Crippen LogP contribution in [0.15, 0.2) is 62.9 Å². The number of fused-ring (bicyclic) bond motifs is 1. The minimum atomic E-state index is -0.361. The fourth-order valence-corrected chi connectivity index (χ4v) is 3.22. The standard InChI is InChI=1S/C22H22N2O4/c1-14-10-22(25)27-21-12-17(8-9-19(14)21)26-13-18-11-20(23-28-18)15-4-6-16(7-5-15)24(2)3/h4-10,12,18H,11,13H2,1-3H3/t18-/m0/s1. The molecule has 0 saturated heterocycles. The molecule has 2 heterocycles. The Morgan fingerprint density at radius 1 is 1.14 bits per heavy atom. The van der Waals surface area contributed by atoms with E-state index in [2.05, 4.69) is 34.3 Å². The lowest BCUT2D eigenvalue weighted by molar-refractivity contribution is 0.0471. The first kappa shape index (κ1) is 18.1. The molecule has 6 nitrogen and oxygen atoms in total. The number of anilines is 1. The summed E-state index contributed by atoms with van der Waals surface area (Å²) in [6.07, 6.45) is 0.534. The minimum absolute atomic E-state index is 0.149. The molecule has 0 radical (unpaired) electrons. The van der Waals surface area contributed by atoms with Crippen LogP contribution in [0.1, 0.15) is 17.5 Å². The maximum atomic E-state index is 11.6. The maximum Gasteiger partial charge on any atom is 0.336 e. The fourth-order valence-electron chi connectivity index (χ4n) is 3.22. The van der Waals surface area contributed by atoms with Gasteiger partial charge in [0.15, 0.2) is 6.10 Å². The quantitative estimate of drug-likeness (QED) is 0.633. The van der Waals surface area contributed by atoms with E-state index in [0.717, 1.165) is 27.9 Å². The Morgan fingerprint density at radius 3 is 2.68 bits per heavy atom. The van der Waals surface area contributed by atoms with Crippen LogP contribution in [0.2, 0.25) is 0 Å². The van der Waals surface area contributed by atoms with Crippen molar-refractivity contribution in [1.82, 2.24) is 0 Å². The van der Waals surface area contributed by atoms with Crippen molar-refractivity contribution in [3.05, 3.63) is 70.1 Å². The summed E-state index contributed by atoms with van der Waals surface area (Å²) in [6, 6.07) is 15.2. The summed E-state index contributed by atoms with van der Waals surface area (Å²) in [6.45, 7) is 2.25. The van der Waals surface area contributed by atoms with E-state index in [1.807, 2.05) is 33.2 Å². The molecule has 0 N–H and O–H groups in total. The topological polar surface area (TPSA) is 64.3 Å². The van der Waals surface area contributed by atoms with E-state index in [4.69, 9.17) is 14.0 Å². The maximum absolute atomic E-state index is 11.6. The summed E-state index contributed by atoms with van der Waals surface area (Å²) in [7, 11) is 4.02. The predicted octanol–water partition coefficient (Wildman–Crippen LogP) is 3.74. The molecular formula is C22H22N2O4. The van der Waals surface area contributed by atoms with Crippen LogP contribution in [0, 0.1) is 6.92 Å². The van der Waals surface area contributed by atoms with Crippen molar-refractivity contribution in [3.63, 3.8) is 0 Å². The smallest absolute Gasteiger partial charge is 0.336 e. The van der Waals surface area contributed by atoms with Gasteiger partial charge in [-0.05, 0) is 42.3 Å². The molecule has 1 atom stereocenters. The number of benzene rings is 2. The van der Waals surface area contributed by atoms with Gasteiger partial charge < -0.3 is 18.9 Å². The van der Waals surface area contributed by atoms with Crippen molar-refractivity contribution >= 4 is 22.4 Å². The van der Waals surface area contributed by atoms with Crippen molar-refractivity contribution in [2.24, 2.45) is 5.16 Å². The second kappa shape index (κ2) is 7.38. The van der Waals surface area contributed by atoms with Crippen LogP contribution in [0.3, 0.4) is 0 Å². The molecule has 0 aliphatic carbocycles. The van der Waals surface area contributed by atoms with Gasteiger partial charge in [-0.25, -0.2) is 4.79 Å². The molecule has 1 aliphatic rings. The number of oxime groups is 1. The number of aryl methyl sites for hydroxylation is 1. The van der Waals surface area contributed by atoms with Gasteiger partial charge in [-0.3, -0.25) is 0 Å². The molecule has 3 aromatic rings. The number of ether oxygens (including phenoxy) is 1. The van der Waals surface area contributed by atoms with Crippen molar-refractivity contribution in [3.8, 4) is 5.75 Å². The molecule has 1 aliphatic heterocycles. The molecule has 0 bridgehead atoms. The monoisotopic (exact) mass is 378 g/mol. The van der Waals surface area contributed by atoms with Gasteiger partial charge in [0.1, 0.15) is 17.9 Å². The van der Waals surface area contributed by atoms with Crippen LogP contribution in [-0.4, -0.2) is 32.5 Å². The van der Waals surface area contributed by atoms with Gasteiger partial charge in [0.2, 0.25) is 0 Å². The third-order valence-electron chi connectivity index (χ3n) is 4.81. The molecule has 0 spiro atoms. The van der Waals surface area contributed by atoms with Crippen LogP contribution < -0.4 is 15.3 Å². The van der Waals surface area contributed by atoms with E-state index in [1.54, 1.807) is 6.07 Å². The van der Waals surface area contributed by atoms with Crippen molar-refractivity contribution in [1.29, 1.82) is 0 Å². The van der Waals surface area contributed by atoms with Gasteiger partial charge in [0, 0.05) is 43.7 Å². The third-order valence-corrected chi connectivity index (χ3v) is 4.81. The summed E-state index contributed by atoms with van der Waals surface area (Å²) in [5.74, 6) is 0.633. The van der Waals surface area contributed by atoms with Crippen LogP contribution in [0.5, 0.6) is 5.75 Å². The van der Waals surface area contributed by atoms with Crippen molar-refractivity contribution < 1.29 is 14.0 Å². The number of rotatable bonds is 5. The van der Waals surface area contributed by atoms with Crippen LogP contribution in [-0.2, 0) is 4.84 Å². The molecule has 4 rings (SSSR count). The first-order valence-corrected chi connectivity index (χ1v) is 9.17. The van der Waals surface area contributed by atoms with Gasteiger partial charge in [-0.1, -0.05) is 17.3 Å². The highest BCUT2D eigenvalue weighted by Gasteiger charge is 2.23. The Morgan fingerprint density at radius 2 is 1.93 bits per heavy atom. The average molecular weight is 378 g/mol. The highest BCUT2D eigenvalue weighted by Crippen LogP contribution is 2.24. The number of nitrogens with zero attached hydrogens (tertiary/aromatic N) is 2. The lowest BCUT2D eigenvalue weighted by atomic mass is 10.0. The molecule has 0 fully saturated rings. The van der Waals surface area contributed by atoms with Crippen LogP contribution in [0.4, 0.5) is 5.69 Å². The van der Waals surface area contributed by atoms with Gasteiger partial charge in [0.25, 0.3) is 0 Å². The lowest BCUT2D eigenvalue weighted by Crippen LogP contribution is -2.18. The largest absolute Gasteiger partial charge is 0.489 e. The van der Waals surface area contributed by atoms with Crippen molar-refractivity contribution in [2.45, 2.75) is 19.4 Å². The molecule has 6 heteroatoms. The molecule has 0 amide bonds. The average Bonchev–Trinajstić information content (AvgIpc) is 3.15. The Balaban J connectivity index is 1.39. The van der Waals surface area contributed by atoms with Gasteiger partial charge in [-0.2, -0.15) is 0 Å². The fraction of sp³-hybridized carbons (Fsp3) is 0.273. The molecule has 0 unspecified atom stereocenters. The summed E-state index contributed by atoms with van der Waals surface area (Å²) in [5.41, 5.74) is 4.15. The molecule has 28 heavy (non-hydrogen) atoms. The number of hydrogen-bond acceptors (Lipinski definition) is 6. The highest BCUT2D eigenvalue weighted by atomic mass is 16.7. The molecule has 2 aromatic carbocycles. The zero-order valence-corrected chi connectivity index (χ0v) is 16.1. The molecule has 1 aromatic heterocycles. The first-order valence-electron chi connectivity index (χ1n) is 9.17. The van der Waals surface area contributed by atoms with E-state index in [9.17, 15) is 4.79 Å². The summed E-state index contributed by atoms with van der Waals surface area (Å²) in [5, 5.41) is 5.11. The van der Waals surface area contributed by atoms with E-state index in [1.165, 1.54) is 6.07 Å². The van der Waals surface area contributed by atoms with E-state index in [0.29, 0.717) is 24.4 Å².